The van der Waals surface area contributed by atoms with Gasteiger partial charge in [-0.2, -0.15) is 0 Å². The van der Waals surface area contributed by atoms with Gasteiger partial charge in [-0.15, -0.1) is 0 Å². The van der Waals surface area contributed by atoms with Gasteiger partial charge in [-0.05, 0) is 50.2 Å². The Morgan fingerprint density at radius 2 is 1.90 bits per heavy atom. The van der Waals surface area contributed by atoms with Crippen LogP contribution in [0.15, 0.2) is 36.4 Å². The minimum absolute atomic E-state index is 0.320. The van der Waals surface area contributed by atoms with Crippen molar-refractivity contribution < 1.29 is 13.5 Å². The van der Waals surface area contributed by atoms with Gasteiger partial charge in [0.1, 0.15) is 17.4 Å². The molecule has 112 valence electrons. The second-order valence-electron chi connectivity index (χ2n) is 5.03. The monoisotopic (exact) mass is 291 g/mol. The zero-order valence-electron chi connectivity index (χ0n) is 12.4. The van der Waals surface area contributed by atoms with Crippen molar-refractivity contribution in [3.8, 4) is 5.75 Å². The van der Waals surface area contributed by atoms with Crippen LogP contribution in [-0.4, -0.2) is 14.2 Å². The Labute approximate surface area is 123 Å². The number of hydrogen-bond acceptors (Lipinski definition) is 2. The lowest BCUT2D eigenvalue weighted by molar-refractivity contribution is 0.405. The highest BCUT2D eigenvalue weighted by Crippen LogP contribution is 2.27. The summed E-state index contributed by atoms with van der Waals surface area (Å²) in [6.45, 7) is 1.99. The minimum atomic E-state index is -0.442. The summed E-state index contributed by atoms with van der Waals surface area (Å²) in [6, 6.07) is 9.04. The molecule has 2 aromatic carbocycles. The summed E-state index contributed by atoms with van der Waals surface area (Å²) in [7, 11) is 3.34. The van der Waals surface area contributed by atoms with Gasteiger partial charge in [-0.1, -0.05) is 17.7 Å². The van der Waals surface area contributed by atoms with E-state index in [0.29, 0.717) is 12.0 Å². The lowest BCUT2D eigenvalue weighted by Crippen LogP contribution is -2.20. The van der Waals surface area contributed by atoms with E-state index in [2.05, 4.69) is 5.32 Å². The molecule has 0 aromatic heterocycles. The Kier molecular flexibility index (Phi) is 4.91. The highest BCUT2D eigenvalue weighted by molar-refractivity contribution is 5.38. The molecule has 21 heavy (non-hydrogen) atoms. The van der Waals surface area contributed by atoms with Crippen molar-refractivity contribution in [2.75, 3.05) is 14.2 Å². The first-order valence-electron chi connectivity index (χ1n) is 6.81. The van der Waals surface area contributed by atoms with E-state index in [0.717, 1.165) is 29.0 Å². The van der Waals surface area contributed by atoms with Gasteiger partial charge in [0, 0.05) is 11.6 Å². The van der Waals surface area contributed by atoms with E-state index in [4.69, 9.17) is 4.74 Å². The van der Waals surface area contributed by atoms with Crippen LogP contribution in [0.3, 0.4) is 0 Å². The molecule has 0 aliphatic heterocycles. The van der Waals surface area contributed by atoms with Gasteiger partial charge in [0.05, 0.1) is 7.11 Å². The minimum Gasteiger partial charge on any atom is -0.496 e. The molecule has 0 bridgehead atoms. The van der Waals surface area contributed by atoms with Crippen LogP contribution in [0.2, 0.25) is 0 Å². The van der Waals surface area contributed by atoms with Crippen LogP contribution in [0.1, 0.15) is 22.7 Å². The molecule has 0 saturated heterocycles. The molecule has 0 spiro atoms. The molecule has 0 aliphatic carbocycles. The smallest absolute Gasteiger partial charge is 0.128 e. The van der Waals surface area contributed by atoms with Gasteiger partial charge in [0.2, 0.25) is 0 Å². The molecule has 4 heteroatoms. The average Bonchev–Trinajstić information content (AvgIpc) is 2.47. The van der Waals surface area contributed by atoms with Gasteiger partial charge < -0.3 is 10.1 Å². The number of aryl methyl sites for hydroxylation is 1. The van der Waals surface area contributed by atoms with Crippen LogP contribution < -0.4 is 10.1 Å². The molecule has 0 radical (unpaired) electrons. The van der Waals surface area contributed by atoms with Crippen LogP contribution in [0.25, 0.3) is 0 Å². The van der Waals surface area contributed by atoms with E-state index in [9.17, 15) is 8.78 Å². The normalized spacial score (nSPS) is 12.2. The van der Waals surface area contributed by atoms with Crippen molar-refractivity contribution in [3.05, 3.63) is 64.7 Å². The van der Waals surface area contributed by atoms with Crippen LogP contribution in [0, 0.1) is 18.6 Å². The zero-order valence-corrected chi connectivity index (χ0v) is 12.4. The zero-order chi connectivity index (χ0) is 15.4. The maximum Gasteiger partial charge on any atom is 0.128 e. The van der Waals surface area contributed by atoms with Gasteiger partial charge in [-0.3, -0.25) is 0 Å². The number of rotatable bonds is 5. The van der Waals surface area contributed by atoms with Gasteiger partial charge in [-0.25, -0.2) is 8.78 Å². The predicted molar refractivity (Wildman–Crippen MR) is 79.6 cm³/mol. The fourth-order valence-electron chi connectivity index (χ4n) is 2.44. The number of nitrogens with one attached hydrogen (secondary N) is 1. The molecule has 0 heterocycles. The molecule has 0 amide bonds. The van der Waals surface area contributed by atoms with E-state index >= 15 is 0 Å². The lowest BCUT2D eigenvalue weighted by atomic mass is 9.96. The number of likely N-dealkylation sites (N-methyl/N-ethyl adjacent to an activating group) is 1. The molecule has 0 fully saturated rings. The Morgan fingerprint density at radius 1 is 1.14 bits per heavy atom. The van der Waals surface area contributed by atoms with Gasteiger partial charge in [0.25, 0.3) is 0 Å². The maximum atomic E-state index is 13.9. The molecule has 2 nitrogen and oxygen atoms in total. The van der Waals surface area contributed by atoms with Crippen molar-refractivity contribution in [1.29, 1.82) is 0 Å². The molecule has 2 aromatic rings. The topological polar surface area (TPSA) is 21.3 Å². The van der Waals surface area contributed by atoms with Crippen LogP contribution in [0.4, 0.5) is 8.78 Å². The third-order valence-electron chi connectivity index (χ3n) is 3.54. The number of ether oxygens (including phenoxy) is 1. The largest absolute Gasteiger partial charge is 0.496 e. The summed E-state index contributed by atoms with van der Waals surface area (Å²) < 4.78 is 32.6. The Bertz CT molecular complexity index is 628. The Balaban J connectivity index is 2.35. The molecular weight excluding hydrogens is 272 g/mol. The number of hydrogen-bond donors (Lipinski definition) is 1. The lowest BCUT2D eigenvalue weighted by Gasteiger charge is -2.19. The molecule has 0 aliphatic rings. The highest BCUT2D eigenvalue weighted by atomic mass is 19.1. The van der Waals surface area contributed by atoms with E-state index in [1.54, 1.807) is 14.2 Å². The first kappa shape index (κ1) is 15.4. The summed E-state index contributed by atoms with van der Waals surface area (Å²) in [5.41, 5.74) is 2.38. The van der Waals surface area contributed by atoms with Gasteiger partial charge >= 0.3 is 0 Å². The summed E-state index contributed by atoms with van der Waals surface area (Å²) in [5.74, 6) is -0.108. The second-order valence-corrected chi connectivity index (χ2v) is 5.03. The van der Waals surface area contributed by atoms with Crippen molar-refractivity contribution >= 4 is 0 Å². The fraction of sp³-hybridized carbons (Fsp3) is 0.294. The summed E-state index contributed by atoms with van der Waals surface area (Å²) in [6.07, 6.45) is 0.516. The van der Waals surface area contributed by atoms with E-state index in [1.807, 2.05) is 25.1 Å². The first-order valence-corrected chi connectivity index (χ1v) is 6.81. The summed E-state index contributed by atoms with van der Waals surface area (Å²) in [4.78, 5) is 0. The molecule has 1 N–H and O–H groups in total. The Morgan fingerprint density at radius 3 is 2.57 bits per heavy atom. The van der Waals surface area contributed by atoms with Crippen molar-refractivity contribution in [3.63, 3.8) is 0 Å². The fourth-order valence-corrected chi connectivity index (χ4v) is 2.44. The van der Waals surface area contributed by atoms with Crippen LogP contribution >= 0.6 is 0 Å². The third-order valence-corrected chi connectivity index (χ3v) is 3.54. The van der Waals surface area contributed by atoms with Crippen molar-refractivity contribution in [1.82, 2.24) is 5.32 Å². The van der Waals surface area contributed by atoms with E-state index in [1.165, 1.54) is 6.07 Å². The van der Waals surface area contributed by atoms with Crippen molar-refractivity contribution in [2.45, 2.75) is 19.4 Å². The average molecular weight is 291 g/mol. The van der Waals surface area contributed by atoms with Crippen LogP contribution in [0.5, 0.6) is 5.75 Å². The Hall–Kier alpha value is -1.94. The molecule has 1 atom stereocenters. The number of methoxy groups -OCH3 is 1. The predicted octanol–water partition coefficient (Wildman–Crippen LogP) is 3.79. The summed E-state index contributed by atoms with van der Waals surface area (Å²) in [5, 5.41) is 3.04. The molecular formula is C17H19F2NO. The molecule has 0 saturated carbocycles. The molecule has 2 rings (SSSR count). The number of halogens is 2. The number of benzene rings is 2. The molecule has 1 unspecified atom stereocenters. The second kappa shape index (κ2) is 6.68. The van der Waals surface area contributed by atoms with Crippen LogP contribution in [-0.2, 0) is 6.42 Å². The third kappa shape index (κ3) is 3.58. The highest BCUT2D eigenvalue weighted by Gasteiger charge is 2.17. The SMILES string of the molecule is CNC(Cc1cc(C)ccc1OC)c1cc(F)ccc1F. The quantitative estimate of drug-likeness (QED) is 0.905. The first-order chi connectivity index (χ1) is 10.0. The van der Waals surface area contributed by atoms with Gasteiger partial charge in [0.15, 0.2) is 0 Å². The van der Waals surface area contributed by atoms with E-state index < -0.39 is 11.6 Å². The standard InChI is InChI=1S/C17H19F2NO/c1-11-4-7-17(21-3)12(8-11)9-16(20-2)14-10-13(18)5-6-15(14)19/h4-8,10,16,20H,9H2,1-3H3. The maximum absolute atomic E-state index is 13.9. The summed E-state index contributed by atoms with van der Waals surface area (Å²) >= 11 is 0. The van der Waals surface area contributed by atoms with Crippen molar-refractivity contribution in [2.24, 2.45) is 0 Å². The van der Waals surface area contributed by atoms with E-state index in [-0.39, 0.29) is 6.04 Å².